The van der Waals surface area contributed by atoms with E-state index in [9.17, 15) is 39.5 Å². The van der Waals surface area contributed by atoms with E-state index in [4.69, 9.17) is 16.2 Å². The van der Waals surface area contributed by atoms with Gasteiger partial charge in [-0.05, 0) is 85.4 Å². The Hall–Kier alpha value is -4.72. The standard InChI is InChI=1S/C33H35ClN8O11S4/c1-3-41(4-2)23-10-11-26(39-40-28-19-24(54(44)45)16-21-17-25(55(46)47)20-29(43)30(21)28)27(18-23)35-32-36-31(34)37-33(38-32)42(22-8-6-5-7-9-22)12-14-56(48,49)15-13-53-57(50,51)52/h5-11,16-20,43H,3-4,12-15H2,1-2H3,(H,44,45)(H,46,47)(H,50,51,52)(H,35,36,37,38)/b40-39+. The second-order valence-electron chi connectivity index (χ2n) is 11.8. The van der Waals surface area contributed by atoms with Crippen molar-refractivity contribution in [3.05, 3.63) is 78.1 Å². The highest BCUT2D eigenvalue weighted by Gasteiger charge is 2.21. The van der Waals surface area contributed by atoms with E-state index in [0.717, 1.165) is 11.8 Å². The Morgan fingerprint density at radius 1 is 0.825 bits per heavy atom. The third-order valence-electron chi connectivity index (χ3n) is 8.14. The Morgan fingerprint density at radius 2 is 1.47 bits per heavy atom. The lowest BCUT2D eigenvalue weighted by atomic mass is 10.1. The fourth-order valence-electron chi connectivity index (χ4n) is 5.49. The Labute approximate surface area is 337 Å². The fourth-order valence-corrected chi connectivity index (χ4v) is 7.93. The second kappa shape index (κ2) is 18.7. The summed E-state index contributed by atoms with van der Waals surface area (Å²) in [5.74, 6) is -1.78. The van der Waals surface area contributed by atoms with Gasteiger partial charge in [0.05, 0.1) is 44.7 Å². The van der Waals surface area contributed by atoms with Crippen LogP contribution in [0.3, 0.4) is 0 Å². The summed E-state index contributed by atoms with van der Waals surface area (Å²) in [7, 11) is -8.76. The molecule has 5 rings (SSSR count). The quantitative estimate of drug-likeness (QED) is 0.0388. The molecule has 0 fully saturated rings. The van der Waals surface area contributed by atoms with Gasteiger partial charge >= 0.3 is 10.4 Å². The van der Waals surface area contributed by atoms with Gasteiger partial charge in [0.1, 0.15) is 11.4 Å². The second-order valence-corrected chi connectivity index (χ2v) is 17.5. The van der Waals surface area contributed by atoms with E-state index in [0.29, 0.717) is 24.5 Å². The third kappa shape index (κ3) is 11.7. The highest BCUT2D eigenvalue weighted by atomic mass is 35.5. The molecule has 0 bridgehead atoms. The molecule has 4 aromatic carbocycles. The molecule has 0 saturated carbocycles. The van der Waals surface area contributed by atoms with Gasteiger partial charge in [-0.15, -0.1) is 10.2 Å². The smallest absolute Gasteiger partial charge is 0.397 e. The molecule has 1 aromatic heterocycles. The number of aromatic nitrogens is 3. The van der Waals surface area contributed by atoms with Crippen LogP contribution in [0.4, 0.5) is 40.3 Å². The topological polar surface area (TPSA) is 274 Å². The number of hydrogen-bond donors (Lipinski definition) is 5. The number of nitrogens with zero attached hydrogens (tertiary/aromatic N) is 7. The molecular weight excluding hydrogens is 848 g/mol. The lowest BCUT2D eigenvalue weighted by molar-refractivity contribution is 0.284. The van der Waals surface area contributed by atoms with Crippen molar-refractivity contribution in [1.82, 2.24) is 15.0 Å². The molecule has 0 spiro atoms. The molecule has 0 aliphatic carbocycles. The number of rotatable bonds is 18. The van der Waals surface area contributed by atoms with Crippen LogP contribution in [-0.4, -0.2) is 96.7 Å². The molecule has 2 unspecified atom stereocenters. The number of benzene rings is 4. The molecule has 0 aliphatic heterocycles. The van der Waals surface area contributed by atoms with Crippen molar-refractivity contribution in [3.8, 4) is 5.75 Å². The molecule has 19 nitrogen and oxygen atoms in total. The van der Waals surface area contributed by atoms with Crippen LogP contribution in [-0.2, 0) is 46.6 Å². The van der Waals surface area contributed by atoms with Crippen molar-refractivity contribution in [2.45, 2.75) is 23.6 Å². The Morgan fingerprint density at radius 3 is 2.11 bits per heavy atom. The molecular formula is C33H35ClN8O11S4. The van der Waals surface area contributed by atoms with E-state index >= 15 is 0 Å². The van der Waals surface area contributed by atoms with E-state index in [1.165, 1.54) is 23.1 Å². The number of nitrogens with one attached hydrogen (secondary N) is 1. The first kappa shape index (κ1) is 43.4. The summed E-state index contributed by atoms with van der Waals surface area (Å²) in [6.45, 7) is 4.22. The van der Waals surface area contributed by atoms with Crippen LogP contribution >= 0.6 is 11.6 Å². The third-order valence-corrected chi connectivity index (χ3v) is 11.6. The molecule has 2 atom stereocenters. The van der Waals surface area contributed by atoms with Gasteiger partial charge in [0.25, 0.3) is 0 Å². The summed E-state index contributed by atoms with van der Waals surface area (Å²) < 4.78 is 104. The summed E-state index contributed by atoms with van der Waals surface area (Å²) in [5, 5.41) is 22.6. The summed E-state index contributed by atoms with van der Waals surface area (Å²) >= 11 is 1.45. The Bertz CT molecular complexity index is 2560. The number of sulfone groups is 1. The summed E-state index contributed by atoms with van der Waals surface area (Å²) in [6.07, 6.45) is 0. The maximum atomic E-state index is 12.8. The normalized spacial score (nSPS) is 13.2. The van der Waals surface area contributed by atoms with Crippen molar-refractivity contribution in [1.29, 1.82) is 0 Å². The number of hydrogen-bond acceptors (Lipinski definition) is 16. The van der Waals surface area contributed by atoms with E-state index in [2.05, 4.69) is 34.7 Å². The first-order valence-electron chi connectivity index (χ1n) is 16.6. The van der Waals surface area contributed by atoms with Gasteiger partial charge in [0, 0.05) is 31.0 Å². The Kier molecular flexibility index (Phi) is 14.2. The minimum atomic E-state index is -4.84. The molecule has 0 radical (unpaired) electrons. The minimum Gasteiger partial charge on any atom is -0.507 e. The van der Waals surface area contributed by atoms with Gasteiger partial charge in [-0.2, -0.15) is 23.4 Å². The number of azo groups is 1. The molecule has 57 heavy (non-hydrogen) atoms. The first-order chi connectivity index (χ1) is 27.0. The lowest BCUT2D eigenvalue weighted by Gasteiger charge is -2.24. The van der Waals surface area contributed by atoms with Crippen molar-refractivity contribution in [3.63, 3.8) is 0 Å². The predicted molar refractivity (Wildman–Crippen MR) is 216 cm³/mol. The van der Waals surface area contributed by atoms with Gasteiger partial charge in [-0.25, -0.2) is 21.0 Å². The van der Waals surface area contributed by atoms with Crippen LogP contribution in [0.1, 0.15) is 13.8 Å². The maximum Gasteiger partial charge on any atom is 0.397 e. The lowest BCUT2D eigenvalue weighted by Crippen LogP contribution is -2.29. The first-order valence-corrected chi connectivity index (χ1v) is 22.4. The van der Waals surface area contributed by atoms with Crippen LogP contribution in [0.25, 0.3) is 10.8 Å². The van der Waals surface area contributed by atoms with Gasteiger partial charge in [0.2, 0.25) is 17.2 Å². The highest BCUT2D eigenvalue weighted by Crippen LogP contribution is 2.40. The van der Waals surface area contributed by atoms with Crippen molar-refractivity contribution >= 4 is 105 Å². The van der Waals surface area contributed by atoms with E-state index in [1.54, 1.807) is 48.5 Å². The number of phenols is 1. The number of fused-ring (bicyclic) bond motifs is 1. The van der Waals surface area contributed by atoms with Gasteiger partial charge < -0.3 is 29.3 Å². The van der Waals surface area contributed by atoms with E-state index < -0.39 is 66.3 Å². The van der Waals surface area contributed by atoms with Gasteiger partial charge in [-0.3, -0.25) is 4.55 Å². The van der Waals surface area contributed by atoms with Gasteiger partial charge in [-0.1, -0.05) is 18.2 Å². The number of phenolic OH excluding ortho intramolecular Hbond substituents is 1. The van der Waals surface area contributed by atoms with E-state index in [-0.39, 0.29) is 55.7 Å². The van der Waals surface area contributed by atoms with Crippen LogP contribution in [0.2, 0.25) is 5.28 Å². The van der Waals surface area contributed by atoms with Crippen molar-refractivity contribution < 1.29 is 48.2 Å². The zero-order valence-corrected chi connectivity index (χ0v) is 34.0. The zero-order valence-electron chi connectivity index (χ0n) is 30.0. The molecule has 304 valence electrons. The molecule has 1 heterocycles. The molecule has 0 amide bonds. The summed E-state index contributed by atoms with van der Waals surface area (Å²) in [4.78, 5) is 16.2. The average Bonchev–Trinajstić information content (AvgIpc) is 3.14. The van der Waals surface area contributed by atoms with Crippen LogP contribution in [0.15, 0.2) is 92.8 Å². The van der Waals surface area contributed by atoms with Crippen LogP contribution < -0.4 is 15.1 Å². The molecule has 5 aromatic rings. The van der Waals surface area contributed by atoms with Crippen molar-refractivity contribution in [2.24, 2.45) is 10.2 Å². The summed E-state index contributed by atoms with van der Waals surface area (Å²) in [6, 6.07) is 18.6. The predicted octanol–water partition coefficient (Wildman–Crippen LogP) is 5.92. The zero-order chi connectivity index (χ0) is 41.5. The maximum absolute atomic E-state index is 12.8. The van der Waals surface area contributed by atoms with Crippen molar-refractivity contribution in [2.75, 3.05) is 52.9 Å². The minimum absolute atomic E-state index is 0.0278. The summed E-state index contributed by atoms with van der Waals surface area (Å²) in [5.41, 5.74) is 1.73. The highest BCUT2D eigenvalue weighted by molar-refractivity contribution is 7.91. The number of aromatic hydroxyl groups is 1. The molecule has 0 aliphatic rings. The Balaban J connectivity index is 1.56. The van der Waals surface area contributed by atoms with Crippen LogP contribution in [0, 0.1) is 0 Å². The molecule has 0 saturated heterocycles. The van der Waals surface area contributed by atoms with Gasteiger partial charge in [0.15, 0.2) is 32.0 Å². The van der Waals surface area contributed by atoms with Crippen LogP contribution in [0.5, 0.6) is 5.75 Å². The number of para-hydroxylation sites is 1. The molecule has 5 N–H and O–H groups in total. The number of halogens is 1. The average molecular weight is 883 g/mol. The van der Waals surface area contributed by atoms with E-state index in [1.807, 2.05) is 18.7 Å². The SMILES string of the molecule is CCN(CC)c1ccc(/N=N/c2cc(S(=O)O)cc3cc(S(=O)O)cc(O)c23)c(Nc2nc(Cl)nc(N(CCS(=O)(=O)CCOS(=O)(=O)O)c3ccccc3)n2)c1. The number of anilines is 5. The largest absolute Gasteiger partial charge is 0.507 e. The molecule has 24 heteroatoms. The monoisotopic (exact) mass is 882 g/mol. The fraction of sp³-hybridized carbons (Fsp3) is 0.242.